The molecule has 1 N–H and O–H groups in total. The molecule has 10 nitrogen and oxygen atoms in total. The van der Waals surface area contributed by atoms with Gasteiger partial charge < -0.3 is 19.5 Å². The number of hydrogen-bond donors (Lipinski definition) is 1. The fourth-order valence-electron chi connectivity index (χ4n) is 5.58. The Morgan fingerprint density at radius 3 is 2.56 bits per heavy atom. The average molecular weight is 712 g/mol. The number of nitrogens with one attached hydrogen (secondary N) is 1. The van der Waals surface area contributed by atoms with Crippen molar-refractivity contribution in [2.75, 3.05) is 38.2 Å². The molecular weight excluding hydrogens is 681 g/mol. The number of nitrogens with zero attached hydrogens (tertiary/aromatic N) is 4. The van der Waals surface area contributed by atoms with E-state index in [-0.39, 0.29) is 29.4 Å². The molecule has 0 atom stereocenters. The van der Waals surface area contributed by atoms with Crippen molar-refractivity contribution in [1.29, 1.82) is 0 Å². The van der Waals surface area contributed by atoms with Crippen LogP contribution in [-0.4, -0.2) is 58.3 Å². The van der Waals surface area contributed by atoms with Gasteiger partial charge in [0.05, 0.1) is 40.6 Å². The first-order valence-electron chi connectivity index (χ1n) is 15.9. The van der Waals surface area contributed by atoms with Crippen LogP contribution in [0.1, 0.15) is 22.8 Å². The van der Waals surface area contributed by atoms with Gasteiger partial charge in [-0.2, -0.15) is 0 Å². The Morgan fingerprint density at radius 1 is 1.00 bits per heavy atom. The average Bonchev–Trinajstić information content (AvgIpc) is 3.56. The smallest absolute Gasteiger partial charge is 0.271 e. The molecule has 2 aromatic carbocycles. The lowest BCUT2D eigenvalue weighted by atomic mass is 10.2. The molecule has 4 aromatic heterocycles. The second-order valence-electron chi connectivity index (χ2n) is 11.4. The Balaban J connectivity index is 1.08. The van der Waals surface area contributed by atoms with Gasteiger partial charge >= 0.3 is 0 Å². The summed E-state index contributed by atoms with van der Waals surface area (Å²) in [5, 5.41) is 3.13. The van der Waals surface area contributed by atoms with Gasteiger partial charge in [0.2, 0.25) is 0 Å². The standard InChI is InChI=1S/C37H31ClFN5O5S/c1-2-48-31-12-14-44(26-7-4-24(38)5-8-26)37(46)34(31)36(45)42-25-6-10-30(27(39)19-25)49-32-11-13-40-29-20-33(50-35(29)32)28-9-3-23(21-41-28)22-43-15-17-47-18-16-43/h3-14,19-21H,2,15-18,22H2,1H3,(H,42,45). The summed E-state index contributed by atoms with van der Waals surface area (Å²) in [6.07, 6.45) is 5.01. The predicted molar refractivity (Wildman–Crippen MR) is 192 cm³/mol. The Labute approximate surface area is 295 Å². The van der Waals surface area contributed by atoms with E-state index in [1.807, 2.05) is 18.3 Å². The first kappa shape index (κ1) is 33.4. The number of rotatable bonds is 10. The zero-order chi connectivity index (χ0) is 34.6. The summed E-state index contributed by atoms with van der Waals surface area (Å²) < 4.78 is 34.6. The maximum absolute atomic E-state index is 15.5. The summed E-state index contributed by atoms with van der Waals surface area (Å²) in [6.45, 7) is 6.10. The van der Waals surface area contributed by atoms with Crippen molar-refractivity contribution in [1.82, 2.24) is 19.4 Å². The molecule has 254 valence electrons. The Morgan fingerprint density at radius 2 is 1.82 bits per heavy atom. The largest absolute Gasteiger partial charge is 0.493 e. The van der Waals surface area contributed by atoms with Crippen molar-refractivity contribution in [2.24, 2.45) is 0 Å². The van der Waals surface area contributed by atoms with Crippen LogP contribution in [-0.2, 0) is 11.3 Å². The highest BCUT2D eigenvalue weighted by molar-refractivity contribution is 7.22. The Kier molecular flexibility index (Phi) is 9.85. The van der Waals surface area contributed by atoms with E-state index in [2.05, 4.69) is 21.3 Å². The van der Waals surface area contributed by atoms with Crippen LogP contribution >= 0.6 is 22.9 Å². The number of fused-ring (bicyclic) bond motifs is 1. The van der Waals surface area contributed by atoms with Gasteiger partial charge in [0.25, 0.3) is 11.5 Å². The highest BCUT2D eigenvalue weighted by Gasteiger charge is 2.21. The maximum Gasteiger partial charge on any atom is 0.271 e. The number of aromatic nitrogens is 3. The minimum atomic E-state index is -0.750. The third-order valence-electron chi connectivity index (χ3n) is 8.06. The second-order valence-corrected chi connectivity index (χ2v) is 12.9. The summed E-state index contributed by atoms with van der Waals surface area (Å²) in [5.74, 6) is -0.967. The van der Waals surface area contributed by atoms with E-state index < -0.39 is 17.3 Å². The summed E-state index contributed by atoms with van der Waals surface area (Å²) in [6, 6.07) is 19.9. The van der Waals surface area contributed by atoms with Gasteiger partial charge in [0.15, 0.2) is 11.6 Å². The van der Waals surface area contributed by atoms with E-state index >= 15 is 4.39 Å². The molecule has 1 amide bonds. The fourth-order valence-corrected chi connectivity index (χ4v) is 6.75. The number of carbonyl (C=O) groups is 1. The summed E-state index contributed by atoms with van der Waals surface area (Å²) >= 11 is 7.46. The zero-order valence-corrected chi connectivity index (χ0v) is 28.5. The molecule has 1 aliphatic heterocycles. The molecule has 5 heterocycles. The summed E-state index contributed by atoms with van der Waals surface area (Å²) in [4.78, 5) is 39.3. The first-order chi connectivity index (χ1) is 24.4. The number of pyridine rings is 3. The number of benzene rings is 2. The topological polar surface area (TPSA) is 108 Å². The molecule has 0 aliphatic carbocycles. The quantitative estimate of drug-likeness (QED) is 0.155. The van der Waals surface area contributed by atoms with Crippen molar-refractivity contribution in [3.8, 4) is 33.5 Å². The van der Waals surface area contributed by atoms with E-state index in [0.29, 0.717) is 22.0 Å². The number of halogens is 2. The third kappa shape index (κ3) is 7.24. The zero-order valence-electron chi connectivity index (χ0n) is 26.9. The number of ether oxygens (including phenoxy) is 3. The van der Waals surface area contributed by atoms with Gasteiger partial charge in [-0.25, -0.2) is 4.39 Å². The number of morpholine rings is 1. The van der Waals surface area contributed by atoms with Gasteiger partial charge in [-0.3, -0.25) is 29.0 Å². The van der Waals surface area contributed by atoms with Gasteiger partial charge in [0.1, 0.15) is 17.1 Å². The lowest BCUT2D eigenvalue weighted by molar-refractivity contribution is 0.0341. The van der Waals surface area contributed by atoms with Crippen molar-refractivity contribution < 1.29 is 23.4 Å². The van der Waals surface area contributed by atoms with Crippen LogP contribution in [0.2, 0.25) is 5.02 Å². The number of amides is 1. The van der Waals surface area contributed by atoms with Gasteiger partial charge in [-0.05, 0) is 67.1 Å². The lowest BCUT2D eigenvalue weighted by Gasteiger charge is -2.26. The van der Waals surface area contributed by atoms with Gasteiger partial charge in [-0.15, -0.1) is 11.3 Å². The minimum absolute atomic E-state index is 0.0455. The summed E-state index contributed by atoms with van der Waals surface area (Å²) in [7, 11) is 0. The van der Waals surface area contributed by atoms with Crippen LogP contribution in [0.5, 0.6) is 17.2 Å². The van der Waals surface area contributed by atoms with E-state index in [4.69, 9.17) is 30.8 Å². The molecule has 0 bridgehead atoms. The lowest BCUT2D eigenvalue weighted by Crippen LogP contribution is -2.35. The van der Waals surface area contributed by atoms with Crippen LogP contribution in [0.15, 0.2) is 96.2 Å². The molecule has 0 spiro atoms. The van der Waals surface area contributed by atoms with E-state index in [1.54, 1.807) is 43.5 Å². The normalized spacial score (nSPS) is 13.3. The van der Waals surface area contributed by atoms with E-state index in [0.717, 1.165) is 59.7 Å². The van der Waals surface area contributed by atoms with Crippen molar-refractivity contribution >= 4 is 44.7 Å². The predicted octanol–water partition coefficient (Wildman–Crippen LogP) is 7.58. The highest BCUT2D eigenvalue weighted by atomic mass is 35.5. The molecule has 7 rings (SSSR count). The van der Waals surface area contributed by atoms with Crippen molar-refractivity contribution in [3.05, 3.63) is 124 Å². The SMILES string of the molecule is CCOc1ccn(-c2ccc(Cl)cc2)c(=O)c1C(=O)Nc1ccc(Oc2ccnc3cc(-c4ccc(CN5CCOCC5)cn4)sc23)c(F)c1. The van der Waals surface area contributed by atoms with Crippen LogP contribution in [0.25, 0.3) is 26.5 Å². The van der Waals surface area contributed by atoms with Crippen LogP contribution in [0.3, 0.4) is 0 Å². The number of anilines is 1. The van der Waals surface area contributed by atoms with E-state index in [1.165, 1.54) is 40.3 Å². The molecule has 0 saturated carbocycles. The molecular formula is C37H31ClFN5O5S. The highest BCUT2D eigenvalue weighted by Crippen LogP contribution is 2.39. The fraction of sp³-hybridized carbons (Fsp3) is 0.189. The Hall–Kier alpha value is -5.14. The molecule has 0 radical (unpaired) electrons. The van der Waals surface area contributed by atoms with Gasteiger partial charge in [-0.1, -0.05) is 17.7 Å². The Bertz CT molecular complexity index is 2220. The number of thiophene rings is 1. The third-order valence-corrected chi connectivity index (χ3v) is 9.47. The summed E-state index contributed by atoms with van der Waals surface area (Å²) in [5.41, 5.74) is 2.45. The molecule has 13 heteroatoms. The number of carbonyl (C=O) groups excluding carboxylic acids is 1. The van der Waals surface area contributed by atoms with Crippen LogP contribution in [0, 0.1) is 5.82 Å². The first-order valence-corrected chi connectivity index (χ1v) is 17.1. The second kappa shape index (κ2) is 14.8. The molecule has 1 aliphatic rings. The van der Waals surface area contributed by atoms with Crippen molar-refractivity contribution in [3.63, 3.8) is 0 Å². The minimum Gasteiger partial charge on any atom is -0.493 e. The van der Waals surface area contributed by atoms with E-state index in [9.17, 15) is 9.59 Å². The van der Waals surface area contributed by atoms with Crippen LogP contribution < -0.4 is 20.3 Å². The van der Waals surface area contributed by atoms with Gasteiger partial charge in [0, 0.05) is 66.8 Å². The molecule has 1 saturated heterocycles. The van der Waals surface area contributed by atoms with Crippen molar-refractivity contribution in [2.45, 2.75) is 13.5 Å². The monoisotopic (exact) mass is 711 g/mol. The molecule has 6 aromatic rings. The maximum atomic E-state index is 15.5. The molecule has 1 fully saturated rings. The molecule has 0 unspecified atom stereocenters. The number of hydrogen-bond acceptors (Lipinski definition) is 9. The van der Waals surface area contributed by atoms with Crippen LogP contribution in [0.4, 0.5) is 10.1 Å². The molecule has 50 heavy (non-hydrogen) atoms.